The smallest absolute Gasteiger partial charge is 0.339 e. The molecule has 0 aliphatic carbocycles. The van der Waals surface area contributed by atoms with Gasteiger partial charge in [0.1, 0.15) is 5.75 Å². The molecular weight excluding hydrogens is 366 g/mol. The number of ether oxygens (including phenoxy) is 2. The number of nitrogens with zero attached hydrogens (tertiary/aromatic N) is 1. The summed E-state index contributed by atoms with van der Waals surface area (Å²) in [5.74, 6) is 0.113. The van der Waals surface area contributed by atoms with Crippen LogP contribution in [-0.2, 0) is 9.53 Å². The fraction of sp³-hybridized carbons (Fsp3) is 0.292. The minimum Gasteiger partial charge on any atom is -0.494 e. The maximum Gasteiger partial charge on any atom is 0.339 e. The molecule has 3 rings (SSSR count). The first-order chi connectivity index (χ1) is 13.8. The van der Waals surface area contributed by atoms with E-state index < -0.39 is 11.4 Å². The van der Waals surface area contributed by atoms with Crippen molar-refractivity contribution in [3.8, 4) is 17.0 Å². The van der Waals surface area contributed by atoms with E-state index in [4.69, 9.17) is 9.47 Å². The number of fused-ring (bicyclic) bond motifs is 1. The third kappa shape index (κ3) is 4.80. The highest BCUT2D eigenvalue weighted by Gasteiger charge is 2.23. The van der Waals surface area contributed by atoms with Gasteiger partial charge >= 0.3 is 5.97 Å². The molecule has 1 heterocycles. The van der Waals surface area contributed by atoms with E-state index in [1.54, 1.807) is 26.8 Å². The van der Waals surface area contributed by atoms with Gasteiger partial charge in [0.2, 0.25) is 0 Å². The van der Waals surface area contributed by atoms with Gasteiger partial charge in [-0.3, -0.25) is 4.79 Å². The van der Waals surface area contributed by atoms with Crippen molar-refractivity contribution < 1.29 is 19.1 Å². The van der Waals surface area contributed by atoms with Crippen LogP contribution in [0.2, 0.25) is 0 Å². The number of ketones is 1. The Morgan fingerprint density at radius 3 is 2.34 bits per heavy atom. The number of carbonyl (C=O) groups excluding carboxylic acids is 2. The van der Waals surface area contributed by atoms with Gasteiger partial charge in [0.25, 0.3) is 0 Å². The second-order valence-corrected chi connectivity index (χ2v) is 7.78. The third-order valence-corrected chi connectivity index (χ3v) is 4.57. The van der Waals surface area contributed by atoms with Crippen molar-refractivity contribution in [3.63, 3.8) is 0 Å². The summed E-state index contributed by atoms with van der Waals surface area (Å²) in [4.78, 5) is 29.6. The van der Waals surface area contributed by atoms with Crippen LogP contribution < -0.4 is 4.74 Å². The van der Waals surface area contributed by atoms with Crippen molar-refractivity contribution in [1.82, 2.24) is 4.98 Å². The highest BCUT2D eigenvalue weighted by molar-refractivity contribution is 6.05. The van der Waals surface area contributed by atoms with E-state index in [0.717, 1.165) is 11.3 Å². The average molecular weight is 391 g/mol. The Bertz CT molecular complexity index is 1030. The number of carbonyl (C=O) groups is 2. The number of hydrogen-bond acceptors (Lipinski definition) is 5. The monoisotopic (exact) mass is 391 g/mol. The minimum atomic E-state index is -0.561. The summed E-state index contributed by atoms with van der Waals surface area (Å²) in [5.41, 5.74) is 2.03. The van der Waals surface area contributed by atoms with Crippen molar-refractivity contribution in [2.24, 2.45) is 5.41 Å². The van der Waals surface area contributed by atoms with Crippen LogP contribution in [0.1, 0.15) is 38.1 Å². The van der Waals surface area contributed by atoms with Gasteiger partial charge in [-0.1, -0.05) is 39.0 Å². The van der Waals surface area contributed by atoms with Gasteiger partial charge in [-0.15, -0.1) is 0 Å². The SMILES string of the molecule is CCOc1ccc(-c2cc(C(=O)OCC(=O)C(C)(C)C)c3ccccc3n2)cc1. The molecule has 0 radical (unpaired) electrons. The molecule has 29 heavy (non-hydrogen) atoms. The molecule has 0 saturated heterocycles. The van der Waals surface area contributed by atoms with Crippen LogP contribution in [0.25, 0.3) is 22.2 Å². The van der Waals surface area contributed by atoms with E-state index in [1.807, 2.05) is 55.5 Å². The third-order valence-electron chi connectivity index (χ3n) is 4.57. The molecule has 0 atom stereocenters. The summed E-state index contributed by atoms with van der Waals surface area (Å²) in [6.45, 7) is 7.67. The van der Waals surface area contributed by atoms with Crippen LogP contribution in [0.3, 0.4) is 0 Å². The maximum absolute atomic E-state index is 12.8. The van der Waals surface area contributed by atoms with Crippen molar-refractivity contribution in [2.75, 3.05) is 13.2 Å². The summed E-state index contributed by atoms with van der Waals surface area (Å²) < 4.78 is 10.8. The molecule has 0 fully saturated rings. The standard InChI is InChI=1S/C24H25NO4/c1-5-28-17-12-10-16(11-13-17)21-14-19(18-8-6-7-9-20(18)25-21)23(27)29-15-22(26)24(2,3)4/h6-14H,5,15H2,1-4H3. The maximum atomic E-state index is 12.8. The molecule has 0 aliphatic heterocycles. The van der Waals surface area contributed by atoms with Gasteiger partial charge in [0.15, 0.2) is 12.4 Å². The van der Waals surface area contributed by atoms with E-state index in [-0.39, 0.29) is 12.4 Å². The predicted molar refractivity (Wildman–Crippen MR) is 113 cm³/mol. The molecule has 5 heteroatoms. The number of aromatic nitrogens is 1. The van der Waals surface area contributed by atoms with Gasteiger partial charge in [-0.2, -0.15) is 0 Å². The Hall–Kier alpha value is -3.21. The fourth-order valence-corrected chi connectivity index (χ4v) is 2.81. The van der Waals surface area contributed by atoms with Crippen LogP contribution in [0, 0.1) is 5.41 Å². The minimum absolute atomic E-state index is 0.129. The molecule has 0 N–H and O–H groups in total. The van der Waals surface area contributed by atoms with E-state index in [9.17, 15) is 9.59 Å². The highest BCUT2D eigenvalue weighted by atomic mass is 16.5. The quantitative estimate of drug-likeness (QED) is 0.549. The number of para-hydroxylation sites is 1. The lowest BCUT2D eigenvalue weighted by molar-refractivity contribution is -0.129. The lowest BCUT2D eigenvalue weighted by Crippen LogP contribution is -2.26. The summed E-state index contributed by atoms with van der Waals surface area (Å²) in [6.07, 6.45) is 0. The number of benzene rings is 2. The normalized spacial score (nSPS) is 11.3. The first-order valence-electron chi connectivity index (χ1n) is 9.63. The topological polar surface area (TPSA) is 65.5 Å². The van der Waals surface area contributed by atoms with Crippen LogP contribution in [0.4, 0.5) is 0 Å². The number of hydrogen-bond donors (Lipinski definition) is 0. The van der Waals surface area contributed by atoms with Gasteiger partial charge in [-0.25, -0.2) is 9.78 Å². The molecule has 0 unspecified atom stereocenters. The van der Waals surface area contributed by atoms with E-state index in [2.05, 4.69) is 4.98 Å². The summed E-state index contributed by atoms with van der Waals surface area (Å²) >= 11 is 0. The van der Waals surface area contributed by atoms with Gasteiger partial charge < -0.3 is 9.47 Å². The molecule has 0 spiro atoms. The second kappa shape index (κ2) is 8.43. The Labute approximate surface area is 170 Å². The zero-order chi connectivity index (χ0) is 21.0. The second-order valence-electron chi connectivity index (χ2n) is 7.78. The molecule has 1 aromatic heterocycles. The Kier molecular flexibility index (Phi) is 5.97. The Morgan fingerprint density at radius 1 is 1.00 bits per heavy atom. The fourth-order valence-electron chi connectivity index (χ4n) is 2.81. The zero-order valence-corrected chi connectivity index (χ0v) is 17.2. The molecule has 150 valence electrons. The molecule has 0 bridgehead atoms. The molecule has 3 aromatic rings. The van der Waals surface area contributed by atoms with E-state index in [0.29, 0.717) is 28.8 Å². The average Bonchev–Trinajstić information content (AvgIpc) is 2.71. The molecule has 5 nitrogen and oxygen atoms in total. The lowest BCUT2D eigenvalue weighted by atomic mass is 9.91. The van der Waals surface area contributed by atoms with Gasteiger partial charge in [0.05, 0.1) is 23.4 Å². The summed E-state index contributed by atoms with van der Waals surface area (Å²) in [7, 11) is 0. The Morgan fingerprint density at radius 2 is 1.69 bits per heavy atom. The predicted octanol–water partition coefficient (Wildman–Crippen LogP) is 5.07. The van der Waals surface area contributed by atoms with Gasteiger partial charge in [0, 0.05) is 16.4 Å². The molecule has 0 saturated carbocycles. The van der Waals surface area contributed by atoms with Crippen molar-refractivity contribution >= 4 is 22.7 Å². The van der Waals surface area contributed by atoms with E-state index in [1.165, 1.54) is 0 Å². The zero-order valence-electron chi connectivity index (χ0n) is 17.2. The van der Waals surface area contributed by atoms with Crippen LogP contribution in [0.5, 0.6) is 5.75 Å². The largest absolute Gasteiger partial charge is 0.494 e. The van der Waals surface area contributed by atoms with Gasteiger partial charge in [-0.05, 0) is 43.3 Å². The summed E-state index contributed by atoms with van der Waals surface area (Å²) in [5, 5.41) is 0.690. The number of Topliss-reactive ketones (excluding diaryl/α,β-unsaturated/α-hetero) is 1. The van der Waals surface area contributed by atoms with Crippen LogP contribution in [-0.4, -0.2) is 30.0 Å². The molecule has 2 aromatic carbocycles. The molecular formula is C24H25NO4. The first-order valence-corrected chi connectivity index (χ1v) is 9.63. The Balaban J connectivity index is 1.96. The molecule has 0 amide bonds. The van der Waals surface area contributed by atoms with Crippen LogP contribution >= 0.6 is 0 Å². The van der Waals surface area contributed by atoms with Crippen LogP contribution in [0.15, 0.2) is 54.6 Å². The van der Waals surface area contributed by atoms with E-state index >= 15 is 0 Å². The number of pyridine rings is 1. The van der Waals surface area contributed by atoms with Crippen molar-refractivity contribution in [2.45, 2.75) is 27.7 Å². The van der Waals surface area contributed by atoms with Crippen molar-refractivity contribution in [3.05, 3.63) is 60.2 Å². The highest BCUT2D eigenvalue weighted by Crippen LogP contribution is 2.27. The number of rotatable bonds is 6. The lowest BCUT2D eigenvalue weighted by Gasteiger charge is -2.16. The summed E-state index contributed by atoms with van der Waals surface area (Å²) in [6, 6.07) is 16.7. The first kappa shape index (κ1) is 20.5. The number of esters is 1. The van der Waals surface area contributed by atoms with Crippen molar-refractivity contribution in [1.29, 1.82) is 0 Å². The molecule has 0 aliphatic rings.